The predicted octanol–water partition coefficient (Wildman–Crippen LogP) is 1.25. The molecule has 0 spiro atoms. The Balaban J connectivity index is 0.00000324. The van der Waals surface area contributed by atoms with Crippen LogP contribution in [0.5, 0.6) is 0 Å². The maximum absolute atomic E-state index is 11.4. The third-order valence-electron chi connectivity index (χ3n) is 3.03. The number of aliphatic imine (C=N–C) groups is 1. The van der Waals surface area contributed by atoms with Crippen molar-refractivity contribution in [3.8, 4) is 0 Å². The maximum atomic E-state index is 11.4. The molecule has 0 bridgehead atoms. The predicted molar refractivity (Wildman–Crippen MR) is 90.7 cm³/mol. The van der Waals surface area contributed by atoms with Gasteiger partial charge in [-0.25, -0.2) is 8.42 Å². The number of guanidine groups is 1. The minimum Gasteiger partial charge on any atom is -0.370 e. The molecule has 0 aromatic heterocycles. The van der Waals surface area contributed by atoms with E-state index in [-0.39, 0.29) is 42.0 Å². The molecule has 0 aliphatic carbocycles. The van der Waals surface area contributed by atoms with Crippen molar-refractivity contribution in [2.45, 2.75) is 19.8 Å². The first-order valence-electron chi connectivity index (χ1n) is 6.31. The van der Waals surface area contributed by atoms with Crippen LogP contribution < -0.4 is 5.73 Å². The van der Waals surface area contributed by atoms with E-state index in [1.165, 1.54) is 12.5 Å². The lowest BCUT2D eigenvalue weighted by molar-refractivity contribution is 0.270. The first kappa shape index (κ1) is 18.7. The quantitative estimate of drug-likeness (QED) is 0.326. The van der Waals surface area contributed by atoms with Crippen LogP contribution in [0, 0.1) is 5.92 Å². The lowest BCUT2D eigenvalue weighted by Gasteiger charge is -2.31. The molecule has 1 heterocycles. The van der Waals surface area contributed by atoms with Crippen molar-refractivity contribution in [1.29, 1.82) is 0 Å². The summed E-state index contributed by atoms with van der Waals surface area (Å²) in [5.41, 5.74) is 5.87. The second-order valence-electron chi connectivity index (χ2n) is 4.84. The van der Waals surface area contributed by atoms with E-state index >= 15 is 0 Å². The molecule has 1 aliphatic rings. The van der Waals surface area contributed by atoms with Gasteiger partial charge in [0.15, 0.2) is 15.8 Å². The Morgan fingerprint density at radius 2 is 2.26 bits per heavy atom. The highest BCUT2D eigenvalue weighted by Crippen LogP contribution is 2.14. The first-order valence-corrected chi connectivity index (χ1v) is 8.13. The summed E-state index contributed by atoms with van der Waals surface area (Å²) >= 11 is 0. The molecular formula is C12H24IN3O2S. The summed E-state index contributed by atoms with van der Waals surface area (Å²) in [6, 6.07) is 0. The lowest BCUT2D eigenvalue weighted by atomic mass is 10.0. The Bertz CT molecular complexity index is 409. The maximum Gasteiger partial charge on any atom is 0.191 e. The highest BCUT2D eigenvalue weighted by Gasteiger charge is 2.17. The molecule has 0 saturated carbocycles. The molecule has 0 radical (unpaired) electrons. The first-order chi connectivity index (χ1) is 8.44. The number of nitrogens with two attached hydrogens (primary N) is 1. The average molecular weight is 401 g/mol. The fraction of sp³-hybridized carbons (Fsp3) is 0.750. The zero-order chi connectivity index (χ0) is 13.6. The second-order valence-corrected chi connectivity index (χ2v) is 7.07. The van der Waals surface area contributed by atoms with Gasteiger partial charge in [0.2, 0.25) is 0 Å². The molecule has 1 unspecified atom stereocenters. The van der Waals surface area contributed by atoms with Gasteiger partial charge in [-0.2, -0.15) is 0 Å². The third kappa shape index (κ3) is 7.14. The lowest BCUT2D eigenvalue weighted by Crippen LogP contribution is -2.43. The van der Waals surface area contributed by atoms with Gasteiger partial charge in [0.1, 0.15) is 0 Å². The molecular weight excluding hydrogens is 377 g/mol. The van der Waals surface area contributed by atoms with Crippen molar-refractivity contribution in [3.63, 3.8) is 0 Å². The fourth-order valence-electron chi connectivity index (χ4n) is 2.06. The number of hydrogen-bond acceptors (Lipinski definition) is 3. The summed E-state index contributed by atoms with van der Waals surface area (Å²) in [7, 11) is -3.07. The van der Waals surface area contributed by atoms with Gasteiger partial charge in [0, 0.05) is 13.1 Å². The van der Waals surface area contributed by atoms with Gasteiger partial charge in [-0.15, -0.1) is 30.6 Å². The highest BCUT2D eigenvalue weighted by molar-refractivity contribution is 14.0. The van der Waals surface area contributed by atoms with Crippen LogP contribution in [0.2, 0.25) is 0 Å². The van der Waals surface area contributed by atoms with Crippen LogP contribution in [0.25, 0.3) is 0 Å². The molecule has 2 N–H and O–H groups in total. The molecule has 1 saturated heterocycles. The summed E-state index contributed by atoms with van der Waals surface area (Å²) in [4.78, 5) is 6.19. The van der Waals surface area contributed by atoms with Crippen molar-refractivity contribution >= 4 is 39.8 Å². The third-order valence-corrected chi connectivity index (χ3v) is 4.58. The molecule has 112 valence electrons. The zero-order valence-electron chi connectivity index (χ0n) is 11.4. The molecule has 7 heteroatoms. The Labute approximate surface area is 133 Å². The monoisotopic (exact) mass is 401 g/mol. The molecule has 0 aromatic rings. The molecule has 1 atom stereocenters. The van der Waals surface area contributed by atoms with Gasteiger partial charge >= 0.3 is 0 Å². The van der Waals surface area contributed by atoms with Crippen molar-refractivity contribution in [3.05, 3.63) is 12.7 Å². The minimum atomic E-state index is -3.07. The minimum absolute atomic E-state index is 0. The van der Waals surface area contributed by atoms with Gasteiger partial charge < -0.3 is 10.6 Å². The van der Waals surface area contributed by atoms with Gasteiger partial charge in [-0.1, -0.05) is 13.0 Å². The Morgan fingerprint density at radius 3 is 2.84 bits per heavy atom. The molecule has 0 aromatic carbocycles. The van der Waals surface area contributed by atoms with Gasteiger partial charge in [-0.3, -0.25) is 4.99 Å². The molecule has 1 rings (SSSR count). The van der Waals surface area contributed by atoms with Gasteiger partial charge in [-0.05, 0) is 18.8 Å². The number of piperidine rings is 1. The van der Waals surface area contributed by atoms with Crippen molar-refractivity contribution in [1.82, 2.24) is 4.90 Å². The van der Waals surface area contributed by atoms with E-state index in [0.29, 0.717) is 11.9 Å². The summed E-state index contributed by atoms with van der Waals surface area (Å²) in [5, 5.41) is 0. The van der Waals surface area contributed by atoms with E-state index in [1.807, 2.05) is 4.90 Å². The van der Waals surface area contributed by atoms with Gasteiger partial charge in [0.05, 0.1) is 18.1 Å². The van der Waals surface area contributed by atoms with E-state index in [0.717, 1.165) is 19.5 Å². The van der Waals surface area contributed by atoms with Gasteiger partial charge in [0.25, 0.3) is 0 Å². The number of hydrogen-bond donors (Lipinski definition) is 1. The number of likely N-dealkylation sites (tertiary alicyclic amines) is 1. The summed E-state index contributed by atoms with van der Waals surface area (Å²) in [6.45, 7) is 7.67. The molecule has 19 heavy (non-hydrogen) atoms. The number of sulfone groups is 1. The van der Waals surface area contributed by atoms with Crippen LogP contribution in [0.15, 0.2) is 17.6 Å². The van der Waals surface area contributed by atoms with Crippen LogP contribution in [-0.2, 0) is 9.84 Å². The molecule has 1 fully saturated rings. The standard InChI is InChI=1S/C12H23N3O2S.HI/c1-3-8-18(16,17)9-6-14-12(13)15-7-4-5-11(2)10-15;/h3,11H,1,4-10H2,2H3,(H2,13,14);1H. The highest BCUT2D eigenvalue weighted by atomic mass is 127. The molecule has 1 aliphatic heterocycles. The van der Waals surface area contributed by atoms with Crippen LogP contribution >= 0.6 is 24.0 Å². The van der Waals surface area contributed by atoms with E-state index in [4.69, 9.17) is 5.73 Å². The SMILES string of the molecule is C=CCS(=O)(=O)CCN=C(N)N1CCCC(C)C1.I. The van der Waals surface area contributed by atoms with Crippen LogP contribution in [-0.4, -0.2) is 50.4 Å². The van der Waals surface area contributed by atoms with E-state index in [1.54, 1.807) is 0 Å². The summed E-state index contributed by atoms with van der Waals surface area (Å²) in [5.74, 6) is 1.12. The number of halogens is 1. The van der Waals surface area contributed by atoms with Crippen LogP contribution in [0.1, 0.15) is 19.8 Å². The summed E-state index contributed by atoms with van der Waals surface area (Å²) < 4.78 is 22.9. The normalized spacial score (nSPS) is 20.8. The Kier molecular flexibility index (Phi) is 8.64. The van der Waals surface area contributed by atoms with Crippen molar-refractivity contribution in [2.24, 2.45) is 16.6 Å². The van der Waals surface area contributed by atoms with Crippen molar-refractivity contribution in [2.75, 3.05) is 31.1 Å². The Hall–Kier alpha value is -0.310. The Morgan fingerprint density at radius 1 is 1.58 bits per heavy atom. The van der Waals surface area contributed by atoms with Crippen LogP contribution in [0.3, 0.4) is 0 Å². The van der Waals surface area contributed by atoms with Crippen molar-refractivity contribution < 1.29 is 8.42 Å². The fourth-order valence-corrected chi connectivity index (χ4v) is 2.95. The topological polar surface area (TPSA) is 75.8 Å². The average Bonchev–Trinajstić information content (AvgIpc) is 2.28. The van der Waals surface area contributed by atoms with Crippen LogP contribution in [0.4, 0.5) is 0 Å². The smallest absolute Gasteiger partial charge is 0.191 e. The van der Waals surface area contributed by atoms with E-state index in [2.05, 4.69) is 18.5 Å². The van der Waals surface area contributed by atoms with E-state index in [9.17, 15) is 8.42 Å². The number of rotatable bonds is 5. The number of nitrogens with zero attached hydrogens (tertiary/aromatic N) is 2. The van der Waals surface area contributed by atoms with E-state index < -0.39 is 9.84 Å². The second kappa shape index (κ2) is 8.78. The largest absolute Gasteiger partial charge is 0.370 e. The molecule has 5 nitrogen and oxygen atoms in total. The molecule has 0 amide bonds. The summed E-state index contributed by atoms with van der Waals surface area (Å²) in [6.07, 6.45) is 3.73. The zero-order valence-corrected chi connectivity index (χ0v) is 14.6.